The van der Waals surface area contributed by atoms with Gasteiger partial charge >= 0.3 is 0 Å². The first-order valence-corrected chi connectivity index (χ1v) is 4.28. The van der Waals surface area contributed by atoms with Crippen LogP contribution in [-0.4, -0.2) is 16.7 Å². The van der Waals surface area contributed by atoms with E-state index in [1.165, 1.54) is 12.5 Å². The van der Waals surface area contributed by atoms with Crippen LogP contribution in [0.1, 0.15) is 0 Å². The van der Waals surface area contributed by atoms with Gasteiger partial charge in [0.2, 0.25) is 0 Å². The Labute approximate surface area is 41.0 Å². The Morgan fingerprint density at radius 1 is 1.29 bits per heavy atom. The van der Waals surface area contributed by atoms with E-state index in [0.29, 0.717) is 0 Å². The van der Waals surface area contributed by atoms with E-state index in [-0.39, 0.29) is 0 Å². The third kappa shape index (κ3) is 0.973. The molecule has 0 radical (unpaired) electrons. The van der Waals surface area contributed by atoms with Gasteiger partial charge in [-0.1, -0.05) is 0 Å². The van der Waals surface area contributed by atoms with E-state index in [1.807, 2.05) is 0 Å². The lowest BCUT2D eigenvalue weighted by Crippen LogP contribution is -2.44. The first kappa shape index (κ1) is 5.17. The van der Waals surface area contributed by atoms with E-state index in [2.05, 4.69) is 13.7 Å². The van der Waals surface area contributed by atoms with Gasteiger partial charge in [0.25, 0.3) is 0 Å². The van der Waals surface area contributed by atoms with Crippen molar-refractivity contribution in [2.24, 2.45) is 0 Å². The summed E-state index contributed by atoms with van der Waals surface area (Å²) >= 11 is 0. The molecule has 1 aliphatic heterocycles. The van der Waals surface area contributed by atoms with Crippen molar-refractivity contribution < 1.29 is 17.9 Å². The molecule has 0 atom stereocenters. The molecule has 1 aliphatic rings. The predicted molar refractivity (Wildman–Crippen MR) is 23.2 cm³/mol. The Morgan fingerprint density at radius 2 is 1.57 bits per heavy atom. The van der Waals surface area contributed by atoms with Crippen molar-refractivity contribution in [1.29, 1.82) is 0 Å². The van der Waals surface area contributed by atoms with Gasteiger partial charge in [-0.2, -0.15) is 0 Å². The minimum absolute atomic E-state index is 1.33. The van der Waals surface area contributed by atoms with Crippen LogP contribution >= 0.6 is 0 Å². The van der Waals surface area contributed by atoms with Gasteiger partial charge in [0.05, 0.1) is 0 Å². The highest BCUT2D eigenvalue weighted by molar-refractivity contribution is 8.10. The van der Waals surface area contributed by atoms with Crippen LogP contribution in [-0.2, 0) is 23.3 Å². The maximum Gasteiger partial charge on any atom is 0.144 e. The van der Waals surface area contributed by atoms with Crippen molar-refractivity contribution in [2.45, 2.75) is 0 Å². The highest BCUT2D eigenvalue weighted by Crippen LogP contribution is 2.30. The van der Waals surface area contributed by atoms with Gasteiger partial charge < -0.3 is 0 Å². The summed E-state index contributed by atoms with van der Waals surface area (Å²) in [6, 6.07) is 0. The quantitative estimate of drug-likeness (QED) is 0.421. The van der Waals surface area contributed by atoms with Crippen LogP contribution in [0.5, 0.6) is 0 Å². The molecule has 0 amide bonds. The second-order valence-corrected chi connectivity index (χ2v) is 5.31. The van der Waals surface area contributed by atoms with Crippen LogP contribution < -0.4 is 0 Å². The molecule has 1 fully saturated rings. The van der Waals surface area contributed by atoms with Crippen molar-refractivity contribution in [3.63, 3.8) is 0 Å². The molecule has 0 unspecified atom stereocenters. The van der Waals surface area contributed by atoms with E-state index in [1.54, 1.807) is 0 Å². The van der Waals surface area contributed by atoms with Crippen LogP contribution in [0.3, 0.4) is 0 Å². The molecular weight excluding hydrogens is 120 g/mol. The zero-order valence-electron chi connectivity index (χ0n) is 4.04. The Hall–Kier alpha value is 0.0300. The Balaban J connectivity index is 2.80. The maximum atomic E-state index is 10.7. The van der Waals surface area contributed by atoms with E-state index >= 15 is 0 Å². The molecule has 0 aromatic carbocycles. The molecule has 7 heavy (non-hydrogen) atoms. The van der Waals surface area contributed by atoms with Crippen molar-refractivity contribution in [3.05, 3.63) is 0 Å². The average Bonchev–Trinajstić information content (AvgIpc) is 1.30. The van der Waals surface area contributed by atoms with Crippen LogP contribution in [0.4, 0.5) is 0 Å². The monoisotopic (exact) mass is 126 g/mol. The van der Waals surface area contributed by atoms with Crippen LogP contribution in [0.2, 0.25) is 0 Å². The van der Waals surface area contributed by atoms with E-state index in [9.17, 15) is 4.21 Å². The topological polar surface area (TPSA) is 44.8 Å². The summed E-state index contributed by atoms with van der Waals surface area (Å²) in [5.74, 6) is 0. The van der Waals surface area contributed by atoms with Crippen molar-refractivity contribution in [3.8, 4) is 0 Å². The number of hydrogen-bond acceptors (Lipinski definition) is 4. The summed E-state index contributed by atoms with van der Waals surface area (Å²) in [5, 5.41) is 3.78. The SMILES string of the molecule is CS1(C)(=O)OOO1. The highest BCUT2D eigenvalue weighted by Gasteiger charge is 2.39. The largest absolute Gasteiger partial charge is 0.227 e. The highest BCUT2D eigenvalue weighted by atomic mass is 32.3. The standard InChI is InChI=1S/C2H6O4S/c1-7(2,3)5-4-6-7/h1-2H3. The lowest BCUT2D eigenvalue weighted by molar-refractivity contribution is -0.482. The summed E-state index contributed by atoms with van der Waals surface area (Å²) in [6.07, 6.45) is 2.67. The third-order valence-electron chi connectivity index (χ3n) is 0.439. The number of rotatable bonds is 0. The third-order valence-corrected chi connectivity index (χ3v) is 1.32. The summed E-state index contributed by atoms with van der Waals surface area (Å²) < 4.78 is 18.9. The lowest BCUT2D eigenvalue weighted by Gasteiger charge is -2.36. The summed E-state index contributed by atoms with van der Waals surface area (Å²) in [7, 11) is -3.16. The van der Waals surface area contributed by atoms with Gasteiger partial charge in [0.1, 0.15) is 9.63 Å². The molecular formula is C2H6O4S. The molecule has 0 spiro atoms. The molecule has 1 heterocycles. The van der Waals surface area contributed by atoms with E-state index in [4.69, 9.17) is 0 Å². The van der Waals surface area contributed by atoms with Gasteiger partial charge in [0, 0.05) is 12.5 Å². The molecule has 1 rings (SSSR count). The van der Waals surface area contributed by atoms with Crippen molar-refractivity contribution in [1.82, 2.24) is 0 Å². The minimum atomic E-state index is -3.16. The molecule has 1 saturated heterocycles. The van der Waals surface area contributed by atoms with Crippen LogP contribution in [0.25, 0.3) is 0 Å². The molecule has 5 heteroatoms. The number of hydrogen-bond donors (Lipinski definition) is 0. The Bertz CT molecular complexity index is 134. The fourth-order valence-electron chi connectivity index (χ4n) is 0.162. The van der Waals surface area contributed by atoms with Gasteiger partial charge in [-0.25, -0.2) is 4.21 Å². The minimum Gasteiger partial charge on any atom is -0.227 e. The Kier molecular flexibility index (Phi) is 0.664. The first-order valence-electron chi connectivity index (χ1n) is 1.65. The molecule has 0 aromatic rings. The zero-order chi connectivity index (χ0) is 5.57. The first-order chi connectivity index (χ1) is 2.97. The smallest absolute Gasteiger partial charge is 0.144 e. The van der Waals surface area contributed by atoms with E-state index in [0.717, 1.165) is 0 Å². The zero-order valence-corrected chi connectivity index (χ0v) is 4.86. The molecule has 0 bridgehead atoms. The predicted octanol–water partition coefficient (Wildman–Crippen LogP) is -0.211. The Morgan fingerprint density at radius 3 is 1.57 bits per heavy atom. The molecule has 44 valence electrons. The molecule has 4 nitrogen and oxygen atoms in total. The summed E-state index contributed by atoms with van der Waals surface area (Å²) in [4.78, 5) is 0. The van der Waals surface area contributed by atoms with Crippen molar-refractivity contribution in [2.75, 3.05) is 12.5 Å². The average molecular weight is 126 g/mol. The maximum absolute atomic E-state index is 10.7. The van der Waals surface area contributed by atoms with Crippen LogP contribution in [0, 0.1) is 0 Å². The summed E-state index contributed by atoms with van der Waals surface area (Å²) in [6.45, 7) is 0. The fourth-order valence-corrected chi connectivity index (χ4v) is 0.485. The van der Waals surface area contributed by atoms with Gasteiger partial charge in [-0.15, -0.1) is 8.67 Å². The van der Waals surface area contributed by atoms with Gasteiger partial charge in [0.15, 0.2) is 0 Å². The lowest BCUT2D eigenvalue weighted by atomic mass is 11.9. The molecule has 0 aliphatic carbocycles. The van der Waals surface area contributed by atoms with Gasteiger partial charge in [-0.3, -0.25) is 0 Å². The summed E-state index contributed by atoms with van der Waals surface area (Å²) in [5.41, 5.74) is 0. The van der Waals surface area contributed by atoms with Crippen LogP contribution in [0.15, 0.2) is 0 Å². The van der Waals surface area contributed by atoms with Crippen molar-refractivity contribution >= 4 is 9.63 Å². The fraction of sp³-hybridized carbons (Fsp3) is 1.00. The molecule has 0 N–H and O–H groups in total. The van der Waals surface area contributed by atoms with Gasteiger partial charge in [-0.05, 0) is 5.04 Å². The normalized spacial score (nSPS) is 40.0. The molecule has 0 aromatic heterocycles. The second-order valence-electron chi connectivity index (χ2n) is 1.82. The van der Waals surface area contributed by atoms with E-state index < -0.39 is 9.63 Å². The second kappa shape index (κ2) is 0.899. The molecule has 0 saturated carbocycles.